The molecule has 0 radical (unpaired) electrons. The van der Waals surface area contributed by atoms with Crippen molar-refractivity contribution < 1.29 is 14.3 Å². The van der Waals surface area contributed by atoms with Crippen molar-refractivity contribution in [3.63, 3.8) is 0 Å². The van der Waals surface area contributed by atoms with Crippen molar-refractivity contribution in [3.8, 4) is 11.5 Å². The van der Waals surface area contributed by atoms with Gasteiger partial charge in [-0.3, -0.25) is 9.78 Å². The molecule has 5 heteroatoms. The molecular weight excluding hydrogens is 376 g/mol. The second-order valence-electron chi connectivity index (χ2n) is 8.52. The molecular formula is C25H32N2O3. The minimum Gasteiger partial charge on any atom is -0.493 e. The van der Waals surface area contributed by atoms with Gasteiger partial charge in [0, 0.05) is 38.3 Å². The molecule has 160 valence electrons. The number of piperidine rings is 1. The summed E-state index contributed by atoms with van der Waals surface area (Å²) in [7, 11) is 0. The Bertz CT molecular complexity index is 780. The third-order valence-electron chi connectivity index (χ3n) is 6.21. The number of ether oxygens (including phenoxy) is 2. The molecule has 1 aromatic carbocycles. The van der Waals surface area contributed by atoms with Gasteiger partial charge in [-0.2, -0.15) is 0 Å². The molecule has 1 saturated heterocycles. The van der Waals surface area contributed by atoms with E-state index in [9.17, 15) is 4.79 Å². The summed E-state index contributed by atoms with van der Waals surface area (Å²) in [6.07, 6.45) is 12.4. The highest BCUT2D eigenvalue weighted by molar-refractivity contribution is 5.78. The van der Waals surface area contributed by atoms with Crippen LogP contribution >= 0.6 is 0 Å². The Balaban J connectivity index is 1.18. The summed E-state index contributed by atoms with van der Waals surface area (Å²) in [6, 6.07) is 11.8. The number of aromatic nitrogens is 1. The summed E-state index contributed by atoms with van der Waals surface area (Å²) < 4.78 is 12.1. The first-order valence-corrected chi connectivity index (χ1v) is 11.3. The van der Waals surface area contributed by atoms with E-state index in [2.05, 4.69) is 4.98 Å². The van der Waals surface area contributed by atoms with Gasteiger partial charge in [-0.05, 0) is 54.7 Å². The SMILES string of the molecule is O=C(Cc1cccnc1)N1CCC(Oc2ccc(OCC3CCCCC3)cc2)CC1. The van der Waals surface area contributed by atoms with E-state index in [4.69, 9.17) is 9.47 Å². The van der Waals surface area contributed by atoms with Crippen LogP contribution in [0.3, 0.4) is 0 Å². The molecule has 0 N–H and O–H groups in total. The summed E-state index contributed by atoms with van der Waals surface area (Å²) in [5.41, 5.74) is 0.965. The Morgan fingerprint density at radius 1 is 0.967 bits per heavy atom. The van der Waals surface area contributed by atoms with Crippen molar-refractivity contribution in [1.29, 1.82) is 0 Å². The molecule has 0 unspecified atom stereocenters. The van der Waals surface area contributed by atoms with Crippen LogP contribution < -0.4 is 9.47 Å². The van der Waals surface area contributed by atoms with E-state index in [-0.39, 0.29) is 12.0 Å². The van der Waals surface area contributed by atoms with Gasteiger partial charge in [-0.15, -0.1) is 0 Å². The van der Waals surface area contributed by atoms with Crippen LogP contribution in [-0.4, -0.2) is 41.6 Å². The zero-order valence-corrected chi connectivity index (χ0v) is 17.7. The predicted octanol–water partition coefficient (Wildman–Crippen LogP) is 4.65. The monoisotopic (exact) mass is 408 g/mol. The van der Waals surface area contributed by atoms with E-state index >= 15 is 0 Å². The quantitative estimate of drug-likeness (QED) is 0.669. The molecule has 1 aromatic heterocycles. The van der Waals surface area contributed by atoms with Crippen LogP contribution in [0.5, 0.6) is 11.5 Å². The first kappa shape index (κ1) is 20.7. The molecule has 0 atom stereocenters. The summed E-state index contributed by atoms with van der Waals surface area (Å²) >= 11 is 0. The highest BCUT2D eigenvalue weighted by Gasteiger charge is 2.24. The van der Waals surface area contributed by atoms with Crippen LogP contribution in [0.1, 0.15) is 50.5 Å². The molecule has 5 nitrogen and oxygen atoms in total. The molecule has 0 bridgehead atoms. The van der Waals surface area contributed by atoms with E-state index in [1.807, 2.05) is 41.3 Å². The Morgan fingerprint density at radius 3 is 2.40 bits per heavy atom. The molecule has 1 aliphatic heterocycles. The number of pyridine rings is 1. The smallest absolute Gasteiger partial charge is 0.227 e. The van der Waals surface area contributed by atoms with Crippen LogP contribution in [-0.2, 0) is 11.2 Å². The van der Waals surface area contributed by atoms with Gasteiger partial charge in [0.1, 0.15) is 17.6 Å². The van der Waals surface area contributed by atoms with E-state index in [1.165, 1.54) is 32.1 Å². The average molecular weight is 409 g/mol. The standard InChI is InChI=1S/C25H32N2O3/c28-25(17-21-7-4-14-26-18-21)27-15-12-24(13-16-27)30-23-10-8-22(9-11-23)29-19-20-5-2-1-3-6-20/h4,7-11,14,18,20,24H,1-3,5-6,12-13,15-17,19H2. The van der Waals surface area contributed by atoms with E-state index < -0.39 is 0 Å². The number of carbonyl (C=O) groups is 1. The van der Waals surface area contributed by atoms with Crippen LogP contribution in [0.4, 0.5) is 0 Å². The highest BCUT2D eigenvalue weighted by atomic mass is 16.5. The minimum atomic E-state index is 0.154. The molecule has 1 amide bonds. The normalized spacial score (nSPS) is 18.2. The van der Waals surface area contributed by atoms with Gasteiger partial charge in [-0.1, -0.05) is 25.3 Å². The Kier molecular flexibility index (Phi) is 7.22. The third kappa shape index (κ3) is 5.97. The molecule has 1 aliphatic carbocycles. The highest BCUT2D eigenvalue weighted by Crippen LogP contribution is 2.26. The molecule has 30 heavy (non-hydrogen) atoms. The second kappa shape index (κ2) is 10.5. The van der Waals surface area contributed by atoms with Crippen LogP contribution in [0.25, 0.3) is 0 Å². The lowest BCUT2D eigenvalue weighted by molar-refractivity contribution is -0.132. The van der Waals surface area contributed by atoms with Gasteiger partial charge in [0.05, 0.1) is 13.0 Å². The van der Waals surface area contributed by atoms with Crippen molar-refractivity contribution in [2.45, 2.75) is 57.5 Å². The van der Waals surface area contributed by atoms with Gasteiger partial charge < -0.3 is 14.4 Å². The topological polar surface area (TPSA) is 51.7 Å². The van der Waals surface area contributed by atoms with Gasteiger partial charge in [0.25, 0.3) is 0 Å². The summed E-state index contributed by atoms with van der Waals surface area (Å²) in [5.74, 6) is 2.67. The number of benzene rings is 1. The summed E-state index contributed by atoms with van der Waals surface area (Å²) in [6.45, 7) is 2.31. The van der Waals surface area contributed by atoms with Crippen molar-refractivity contribution in [2.24, 2.45) is 5.92 Å². The maximum absolute atomic E-state index is 12.5. The lowest BCUT2D eigenvalue weighted by Gasteiger charge is -2.32. The minimum absolute atomic E-state index is 0.154. The van der Waals surface area contributed by atoms with Crippen LogP contribution in [0, 0.1) is 5.92 Å². The van der Waals surface area contributed by atoms with Crippen molar-refractivity contribution in [3.05, 3.63) is 54.4 Å². The van der Waals surface area contributed by atoms with Gasteiger partial charge in [-0.25, -0.2) is 0 Å². The fourth-order valence-corrected chi connectivity index (χ4v) is 4.39. The van der Waals surface area contributed by atoms with Crippen LogP contribution in [0.15, 0.2) is 48.8 Å². The third-order valence-corrected chi connectivity index (χ3v) is 6.21. The van der Waals surface area contributed by atoms with E-state index in [1.54, 1.807) is 12.4 Å². The number of likely N-dealkylation sites (tertiary alicyclic amines) is 1. The number of hydrogen-bond acceptors (Lipinski definition) is 4. The first-order chi connectivity index (χ1) is 14.8. The van der Waals surface area contributed by atoms with E-state index in [0.717, 1.165) is 49.6 Å². The first-order valence-electron chi connectivity index (χ1n) is 11.3. The van der Waals surface area contributed by atoms with Gasteiger partial charge >= 0.3 is 0 Å². The molecule has 2 heterocycles. The zero-order chi connectivity index (χ0) is 20.6. The van der Waals surface area contributed by atoms with Crippen molar-refractivity contribution in [2.75, 3.05) is 19.7 Å². The lowest BCUT2D eigenvalue weighted by atomic mass is 9.90. The van der Waals surface area contributed by atoms with E-state index in [0.29, 0.717) is 12.3 Å². The Labute approximate surface area is 179 Å². The number of rotatable bonds is 7. The van der Waals surface area contributed by atoms with Crippen LogP contribution in [0.2, 0.25) is 0 Å². The molecule has 0 spiro atoms. The molecule has 2 aliphatic rings. The zero-order valence-electron chi connectivity index (χ0n) is 17.7. The molecule has 2 fully saturated rings. The predicted molar refractivity (Wildman–Crippen MR) is 117 cm³/mol. The number of nitrogens with zero attached hydrogens (tertiary/aromatic N) is 2. The molecule has 4 rings (SSSR count). The number of amides is 1. The van der Waals surface area contributed by atoms with Gasteiger partial charge in [0.15, 0.2) is 0 Å². The summed E-state index contributed by atoms with van der Waals surface area (Å²) in [4.78, 5) is 18.5. The average Bonchev–Trinajstić information content (AvgIpc) is 2.80. The maximum Gasteiger partial charge on any atom is 0.227 e. The Hall–Kier alpha value is -2.56. The number of hydrogen-bond donors (Lipinski definition) is 0. The largest absolute Gasteiger partial charge is 0.493 e. The molecule has 2 aromatic rings. The number of carbonyl (C=O) groups excluding carboxylic acids is 1. The summed E-state index contributed by atoms with van der Waals surface area (Å²) in [5, 5.41) is 0. The lowest BCUT2D eigenvalue weighted by Crippen LogP contribution is -2.42. The van der Waals surface area contributed by atoms with Crippen molar-refractivity contribution in [1.82, 2.24) is 9.88 Å². The Morgan fingerprint density at radius 2 is 1.70 bits per heavy atom. The fourth-order valence-electron chi connectivity index (χ4n) is 4.39. The fraction of sp³-hybridized carbons (Fsp3) is 0.520. The van der Waals surface area contributed by atoms with Crippen molar-refractivity contribution >= 4 is 5.91 Å². The second-order valence-corrected chi connectivity index (χ2v) is 8.52. The van der Waals surface area contributed by atoms with Gasteiger partial charge in [0.2, 0.25) is 5.91 Å². The maximum atomic E-state index is 12.5. The molecule has 1 saturated carbocycles.